The summed E-state index contributed by atoms with van der Waals surface area (Å²) >= 11 is 0. The van der Waals surface area contributed by atoms with Crippen LogP contribution in [-0.4, -0.2) is 25.2 Å². The van der Waals surface area contributed by atoms with E-state index in [-0.39, 0.29) is 24.8 Å². The third-order valence-electron chi connectivity index (χ3n) is 48.8. The number of benzene rings is 34. The molecule has 0 saturated heterocycles. The standard InChI is InChI=1S/C128H14O4/c1-3-131-7(129)5-125-113-97-79-65-39-25-13-15-19-11-9-17(13)35(39)47-43-21(9)29-23(11)45-49-37(19)41-27(15)33-31(25)53-69-55(33)73-67(41)81-77(49)85-59(45)63-51(29)61-57(43)83(75(47)79)105(113)109-87(61)89(63)111-107(85)115-99(81)93(73)103-95(69)101(91(97)71(53)65)117(125)121(103)127(115,123(111)119(109)125)128-116-100-82-68-42-28-16-14-18-10-12-20(16)38(42)50-46-24(12)30-22(10)44-48-36(18)40-26(14)32-34(28)56-70-54(32)72-66(40)80-76(48)84-58(44)62-52(30)64-60(46)86(78(50)82)108(116)112-90(64)88(62)110-106(84)114-98(80)92(72)102-96(70)104(94(100)74(56)68)122(128)118(102)126(114,120(110)124(112)128)6-8(130)132-4-2/h3-6H2,1-2H3. The van der Waals surface area contributed by atoms with Crippen molar-refractivity contribution in [3.63, 3.8) is 0 Å². The van der Waals surface area contributed by atoms with Crippen molar-refractivity contribution >= 4 is 572 Å². The second-order valence-electron chi connectivity index (χ2n) is 48.8. The van der Waals surface area contributed by atoms with E-state index in [2.05, 4.69) is 13.8 Å². The molecule has 54 aromatic rings. The molecule has 0 aromatic heterocycles. The van der Waals surface area contributed by atoms with Gasteiger partial charge >= 0.3 is 11.9 Å². The molecule has 0 fully saturated rings. The van der Waals surface area contributed by atoms with Gasteiger partial charge in [0.25, 0.3) is 0 Å². The highest BCUT2D eigenvalue weighted by Gasteiger charge is 2.80. The first-order valence-corrected chi connectivity index (χ1v) is 49.5. The van der Waals surface area contributed by atoms with E-state index in [0.717, 1.165) is 0 Å². The van der Waals surface area contributed by atoms with Gasteiger partial charge in [-0.15, -0.1) is 0 Å². The summed E-state index contributed by atoms with van der Waals surface area (Å²) in [6.45, 7) is 4.85. The van der Waals surface area contributed by atoms with Gasteiger partial charge < -0.3 is 9.47 Å². The summed E-state index contributed by atoms with van der Waals surface area (Å²) in [5.74, 6) is -0.114. The van der Waals surface area contributed by atoms with Crippen molar-refractivity contribution in [1.29, 1.82) is 0 Å². The van der Waals surface area contributed by atoms with Crippen molar-refractivity contribution < 1.29 is 19.1 Å². The second-order valence-corrected chi connectivity index (χ2v) is 48.8. The summed E-state index contributed by atoms with van der Waals surface area (Å²) < 4.78 is 14.2. The van der Waals surface area contributed by atoms with Crippen LogP contribution < -0.4 is 0 Å². The Balaban J connectivity index is 0.779. The summed E-state index contributed by atoms with van der Waals surface area (Å²) in [5, 5.41) is 164. The lowest BCUT2D eigenvalue weighted by molar-refractivity contribution is -0.145. The van der Waals surface area contributed by atoms with Gasteiger partial charge in [-0.2, -0.15) is 0 Å². The molecule has 4 nitrogen and oxygen atoms in total. The molecule has 132 heavy (non-hydrogen) atoms. The van der Waals surface area contributed by atoms with E-state index in [1.54, 1.807) is 507 Å². The molecule has 0 bridgehead atoms. The smallest absolute Gasteiger partial charge is 0.307 e. The molecule has 10 aliphatic rings. The maximum atomic E-state index is 17.5. The van der Waals surface area contributed by atoms with E-state index in [0.29, 0.717) is 13.2 Å². The number of ether oxygens (including phenoxy) is 2. The number of esters is 2. The topological polar surface area (TPSA) is 52.6 Å². The van der Waals surface area contributed by atoms with Gasteiger partial charge in [0.2, 0.25) is 0 Å². The van der Waals surface area contributed by atoms with Crippen LogP contribution in [0.3, 0.4) is 0 Å². The highest BCUT2D eigenvalue weighted by atomic mass is 16.5. The summed E-state index contributed by atoms with van der Waals surface area (Å²) in [6, 6.07) is 0. The molecule has 4 heteroatoms. The molecule has 10 aliphatic carbocycles. The molecule has 0 saturated carbocycles. The van der Waals surface area contributed by atoms with Crippen LogP contribution in [0.5, 0.6) is 0 Å². The zero-order valence-corrected chi connectivity index (χ0v) is 67.5. The molecular weight excluding hydrogens is 1600 g/mol. The van der Waals surface area contributed by atoms with Gasteiger partial charge in [0, 0.05) is 0 Å². The maximum Gasteiger partial charge on any atom is 0.307 e. The Kier molecular flexibility index (Phi) is 4.07. The van der Waals surface area contributed by atoms with E-state index in [1.807, 2.05) is 0 Å². The van der Waals surface area contributed by atoms with Gasteiger partial charge in [0.15, 0.2) is 0 Å². The zero-order chi connectivity index (χ0) is 78.4. The van der Waals surface area contributed by atoms with Crippen molar-refractivity contribution in [2.24, 2.45) is 0 Å². The third-order valence-corrected chi connectivity index (χ3v) is 48.8. The molecule has 0 spiro atoms. The molecule has 0 radical (unpaired) electrons. The minimum atomic E-state index is -1.05. The molecule has 64 rings (SSSR count). The number of carbonyl (C=O) groups excluding carboxylic acids is 2. The van der Waals surface area contributed by atoms with Crippen molar-refractivity contribution in [2.45, 2.75) is 48.3 Å². The van der Waals surface area contributed by atoms with Crippen LogP contribution in [0.1, 0.15) is 93.5 Å². The molecule has 0 amide bonds. The molecule has 54 aromatic carbocycles. The highest BCUT2D eigenvalue weighted by molar-refractivity contribution is 6.87. The molecule has 0 N–H and O–H groups in total. The lowest BCUT2D eigenvalue weighted by Gasteiger charge is -2.60. The molecule has 4 unspecified atom stereocenters. The summed E-state index contributed by atoms with van der Waals surface area (Å²) in [6.07, 6.45) is 0.488. The van der Waals surface area contributed by atoms with Gasteiger partial charge in [-0.25, -0.2) is 0 Å². The normalized spacial score (nSPS) is 22.5. The number of hydrogen-bond donors (Lipinski definition) is 0. The molecule has 550 valence electrons. The van der Waals surface area contributed by atoms with Crippen molar-refractivity contribution in [3.8, 4) is 0 Å². The van der Waals surface area contributed by atoms with Gasteiger partial charge in [-0.1, -0.05) is 0 Å². The third kappa shape index (κ3) is 2.56. The quantitative estimate of drug-likeness (QED) is 0.118. The van der Waals surface area contributed by atoms with Crippen LogP contribution in [0.2, 0.25) is 0 Å². The number of carbonyl (C=O) groups is 2. The van der Waals surface area contributed by atoms with Crippen molar-refractivity contribution in [3.05, 3.63) is 66.8 Å². The van der Waals surface area contributed by atoms with Crippen LogP contribution in [0, 0.1) is 0 Å². The average molecular weight is 1620 g/mol. The Morgan fingerprint density at radius 3 is 0.371 bits per heavy atom. The summed E-state index contributed by atoms with van der Waals surface area (Å²) in [5.41, 5.74) is 14.7. The average Bonchev–Trinajstić information content (AvgIpc) is 1.37. The monoisotopic (exact) mass is 1610 g/mol. The Hall–Kier alpha value is -16.1. The molecule has 0 heterocycles. The Bertz CT molecular complexity index is 15200. The zero-order valence-electron chi connectivity index (χ0n) is 67.5. The van der Waals surface area contributed by atoms with E-state index in [9.17, 15) is 0 Å². The van der Waals surface area contributed by atoms with E-state index in [4.69, 9.17) is 9.47 Å². The van der Waals surface area contributed by atoms with Crippen LogP contribution >= 0.6 is 0 Å². The van der Waals surface area contributed by atoms with Crippen LogP contribution in [-0.2, 0) is 40.7 Å². The number of rotatable bonds is 7. The Morgan fingerprint density at radius 2 is 0.220 bits per heavy atom. The maximum absolute atomic E-state index is 17.5. The fraction of sp³-hybridized carbons (Fsp3) is 0.0781. The van der Waals surface area contributed by atoms with Gasteiger partial charge in [0.05, 0.1) is 47.7 Å². The summed E-state index contributed by atoms with van der Waals surface area (Å²) in [7, 11) is 0. The minimum Gasteiger partial charge on any atom is -0.466 e. The predicted molar refractivity (Wildman–Crippen MR) is 547 cm³/mol. The fourth-order valence-electron chi connectivity index (χ4n) is 49.3. The number of hydrogen-bond acceptors (Lipinski definition) is 4. The fourth-order valence-corrected chi connectivity index (χ4v) is 49.3. The van der Waals surface area contributed by atoms with Crippen LogP contribution in [0.25, 0.3) is 560 Å². The molecule has 0 aliphatic heterocycles. The van der Waals surface area contributed by atoms with Gasteiger partial charge in [-0.3, -0.25) is 9.59 Å². The van der Waals surface area contributed by atoms with Crippen LogP contribution in [0.15, 0.2) is 0 Å². The first kappa shape index (κ1) is 48.9. The van der Waals surface area contributed by atoms with Gasteiger partial charge in [-0.05, 0) is 641 Å². The Labute approximate surface area is 714 Å². The van der Waals surface area contributed by atoms with Crippen molar-refractivity contribution in [1.82, 2.24) is 0 Å². The van der Waals surface area contributed by atoms with E-state index >= 15 is 9.59 Å². The van der Waals surface area contributed by atoms with E-state index < -0.39 is 21.7 Å². The predicted octanol–water partition coefficient (Wildman–Crippen LogP) is 32.9. The highest BCUT2D eigenvalue weighted by Crippen LogP contribution is 2.94. The molecule has 4 atom stereocenters. The van der Waals surface area contributed by atoms with E-state index in [1.165, 1.54) is 120 Å². The minimum absolute atomic E-state index is 0.0568. The van der Waals surface area contributed by atoms with Gasteiger partial charge in [0.1, 0.15) is 0 Å². The summed E-state index contributed by atoms with van der Waals surface area (Å²) in [4.78, 5) is 35.0. The van der Waals surface area contributed by atoms with Crippen LogP contribution in [0.4, 0.5) is 0 Å². The lowest BCUT2D eigenvalue weighted by atomic mass is 9.39. The molecular formula is C128H14O4. The SMILES string of the molecule is CCOC(=O)CC12c3c4c5c6c7c8c9c%10c(c1c1c%11c2c2c%12c3c5c3c5c%12c%12c2c2c%11c%11c%13c1c%10c1c%10c9c9c7c7c6c3c3c5c5c%12c6c2c%11c2c(c%131)c1c%10c9c9c7c3c3c9c1c2c6c53)C48C12c3c4c5c6c7c8c9c%10c(c1c1c%11c2c2c%12c3c5c3c5c6c6c7c7c9c9c%13c%10c1c1c%10c%11c%11c2c2c%12c3c3c5c5c6c6c7c9c7c(c%131)c1c%10c%11c9c2c3c2c9c1c7c6c52)C48CC(=O)OCC. The largest absolute Gasteiger partial charge is 0.466 e. The van der Waals surface area contributed by atoms with Crippen molar-refractivity contribution in [2.75, 3.05) is 13.2 Å². The first-order valence-electron chi connectivity index (χ1n) is 49.5. The second kappa shape index (κ2) is 11.0. The first-order chi connectivity index (χ1) is 65.6. The lowest BCUT2D eigenvalue weighted by Crippen LogP contribution is -2.59. The Morgan fingerprint density at radius 1 is 0.129 bits per heavy atom.